The number of benzene rings is 1. The molecule has 110 valence electrons. The molecule has 0 saturated heterocycles. The highest BCUT2D eigenvalue weighted by atomic mass is 32.2. The second-order valence-corrected chi connectivity index (χ2v) is 7.12. The second-order valence-electron chi connectivity index (χ2n) is 6.00. The van der Waals surface area contributed by atoms with E-state index in [9.17, 15) is 9.90 Å². The standard InChI is InChI=1S/C17H19NO2S/c1-11-9-15(14(10-18-11)16(19)20)21-13-7-5-12(6-8-13)17(2,3)4/h5-10H,1-4H3,(H,19,20). The number of rotatable bonds is 3. The summed E-state index contributed by atoms with van der Waals surface area (Å²) in [5, 5.41) is 9.23. The lowest BCUT2D eigenvalue weighted by Crippen LogP contribution is -2.10. The van der Waals surface area contributed by atoms with Crippen LogP contribution in [-0.2, 0) is 5.41 Å². The number of carboxylic acid groups (broad SMARTS) is 1. The average Bonchev–Trinajstić information content (AvgIpc) is 2.38. The third-order valence-electron chi connectivity index (χ3n) is 3.18. The first-order valence-electron chi connectivity index (χ1n) is 6.76. The lowest BCUT2D eigenvalue weighted by atomic mass is 9.87. The van der Waals surface area contributed by atoms with Crippen molar-refractivity contribution in [3.8, 4) is 0 Å². The van der Waals surface area contributed by atoms with Crippen molar-refractivity contribution < 1.29 is 9.90 Å². The molecule has 4 heteroatoms. The van der Waals surface area contributed by atoms with Crippen LogP contribution < -0.4 is 0 Å². The minimum atomic E-state index is -0.948. The van der Waals surface area contributed by atoms with Crippen LogP contribution in [0.2, 0.25) is 0 Å². The SMILES string of the molecule is Cc1cc(Sc2ccc(C(C)(C)C)cc2)c(C(=O)O)cn1. The number of carboxylic acids is 1. The van der Waals surface area contributed by atoms with Gasteiger partial charge in [0.05, 0.1) is 5.56 Å². The van der Waals surface area contributed by atoms with Crippen LogP contribution in [0.15, 0.2) is 46.3 Å². The molecule has 0 fully saturated rings. The zero-order chi connectivity index (χ0) is 15.6. The molecule has 1 heterocycles. The van der Waals surface area contributed by atoms with Gasteiger partial charge in [-0.05, 0) is 36.1 Å². The fourth-order valence-corrected chi connectivity index (χ4v) is 2.94. The van der Waals surface area contributed by atoms with E-state index in [-0.39, 0.29) is 11.0 Å². The predicted octanol–water partition coefficient (Wildman–Crippen LogP) is 4.54. The van der Waals surface area contributed by atoms with Crippen molar-refractivity contribution >= 4 is 17.7 Å². The van der Waals surface area contributed by atoms with E-state index in [0.717, 1.165) is 15.5 Å². The molecule has 0 amide bonds. The Morgan fingerprint density at radius 2 is 1.81 bits per heavy atom. The zero-order valence-corrected chi connectivity index (χ0v) is 13.5. The monoisotopic (exact) mass is 301 g/mol. The molecule has 1 aromatic carbocycles. The fraction of sp³-hybridized carbons (Fsp3) is 0.294. The molecule has 2 aromatic rings. The van der Waals surface area contributed by atoms with Crippen molar-refractivity contribution in [1.29, 1.82) is 0 Å². The number of aromatic nitrogens is 1. The van der Waals surface area contributed by atoms with Gasteiger partial charge in [-0.15, -0.1) is 0 Å². The number of pyridine rings is 1. The van der Waals surface area contributed by atoms with E-state index in [2.05, 4.69) is 37.9 Å². The van der Waals surface area contributed by atoms with Gasteiger partial charge < -0.3 is 5.11 Å². The number of aromatic carboxylic acids is 1. The van der Waals surface area contributed by atoms with Crippen molar-refractivity contribution in [1.82, 2.24) is 4.98 Å². The van der Waals surface area contributed by atoms with Gasteiger partial charge in [-0.1, -0.05) is 44.7 Å². The Morgan fingerprint density at radius 3 is 2.33 bits per heavy atom. The molecule has 0 saturated carbocycles. The normalized spacial score (nSPS) is 11.4. The van der Waals surface area contributed by atoms with Crippen LogP contribution in [0.5, 0.6) is 0 Å². The third kappa shape index (κ3) is 3.85. The van der Waals surface area contributed by atoms with Crippen LogP contribution in [0.1, 0.15) is 42.4 Å². The Balaban J connectivity index is 2.30. The van der Waals surface area contributed by atoms with E-state index >= 15 is 0 Å². The van der Waals surface area contributed by atoms with E-state index in [1.54, 1.807) is 0 Å². The van der Waals surface area contributed by atoms with Crippen LogP contribution in [0.4, 0.5) is 0 Å². The number of aryl methyl sites for hydroxylation is 1. The Kier molecular flexibility index (Phi) is 4.37. The number of nitrogens with zero attached hydrogens (tertiary/aromatic N) is 1. The summed E-state index contributed by atoms with van der Waals surface area (Å²) in [6.45, 7) is 8.37. The fourth-order valence-electron chi connectivity index (χ4n) is 1.93. The molecule has 2 rings (SSSR count). The first-order chi connectivity index (χ1) is 9.77. The van der Waals surface area contributed by atoms with Gasteiger partial charge in [0, 0.05) is 21.7 Å². The summed E-state index contributed by atoms with van der Waals surface area (Å²) in [6, 6.07) is 10.1. The molecule has 0 radical (unpaired) electrons. The third-order valence-corrected chi connectivity index (χ3v) is 4.25. The Hall–Kier alpha value is -1.81. The molecule has 0 spiro atoms. The van der Waals surface area contributed by atoms with Gasteiger partial charge in [0.15, 0.2) is 0 Å². The summed E-state index contributed by atoms with van der Waals surface area (Å²) in [5.74, 6) is -0.948. The predicted molar refractivity (Wildman–Crippen MR) is 85.2 cm³/mol. The van der Waals surface area contributed by atoms with Crippen molar-refractivity contribution in [2.75, 3.05) is 0 Å². The van der Waals surface area contributed by atoms with Gasteiger partial charge in [-0.3, -0.25) is 4.98 Å². The Bertz CT molecular complexity index is 657. The van der Waals surface area contributed by atoms with Crippen LogP contribution in [0, 0.1) is 6.92 Å². The molecule has 0 unspecified atom stereocenters. The maximum Gasteiger partial charge on any atom is 0.338 e. The highest BCUT2D eigenvalue weighted by Crippen LogP contribution is 2.32. The number of hydrogen-bond donors (Lipinski definition) is 1. The van der Waals surface area contributed by atoms with E-state index in [1.165, 1.54) is 23.5 Å². The summed E-state index contributed by atoms with van der Waals surface area (Å²) in [5.41, 5.74) is 2.43. The Labute approximate surface area is 129 Å². The molecular formula is C17H19NO2S. The van der Waals surface area contributed by atoms with E-state index in [1.807, 2.05) is 25.1 Å². The van der Waals surface area contributed by atoms with Crippen molar-refractivity contribution in [2.45, 2.75) is 42.9 Å². The first kappa shape index (κ1) is 15.6. The lowest BCUT2D eigenvalue weighted by molar-refractivity contribution is 0.0692. The van der Waals surface area contributed by atoms with E-state index in [0.29, 0.717) is 0 Å². The molecule has 1 aromatic heterocycles. The van der Waals surface area contributed by atoms with E-state index < -0.39 is 5.97 Å². The zero-order valence-electron chi connectivity index (χ0n) is 12.7. The average molecular weight is 301 g/mol. The minimum Gasteiger partial charge on any atom is -0.478 e. The van der Waals surface area contributed by atoms with Gasteiger partial charge >= 0.3 is 5.97 Å². The largest absolute Gasteiger partial charge is 0.478 e. The molecule has 21 heavy (non-hydrogen) atoms. The van der Waals surface area contributed by atoms with Crippen LogP contribution in [0.3, 0.4) is 0 Å². The van der Waals surface area contributed by atoms with Crippen molar-refractivity contribution in [3.63, 3.8) is 0 Å². The van der Waals surface area contributed by atoms with Crippen molar-refractivity contribution in [3.05, 3.63) is 53.3 Å². The molecular weight excluding hydrogens is 282 g/mol. The highest BCUT2D eigenvalue weighted by molar-refractivity contribution is 7.99. The minimum absolute atomic E-state index is 0.114. The van der Waals surface area contributed by atoms with Crippen LogP contribution in [0.25, 0.3) is 0 Å². The summed E-state index contributed by atoms with van der Waals surface area (Å²) in [6.07, 6.45) is 1.42. The molecule has 3 nitrogen and oxygen atoms in total. The van der Waals surface area contributed by atoms with Gasteiger partial charge in [0.1, 0.15) is 0 Å². The number of hydrogen-bond acceptors (Lipinski definition) is 3. The molecule has 0 atom stereocenters. The topological polar surface area (TPSA) is 50.2 Å². The summed E-state index contributed by atoms with van der Waals surface area (Å²) in [7, 11) is 0. The smallest absolute Gasteiger partial charge is 0.338 e. The molecule has 0 aliphatic rings. The first-order valence-corrected chi connectivity index (χ1v) is 7.57. The maximum absolute atomic E-state index is 11.3. The molecule has 0 bridgehead atoms. The molecule has 1 N–H and O–H groups in total. The van der Waals surface area contributed by atoms with Gasteiger partial charge in [-0.25, -0.2) is 4.79 Å². The molecule has 0 aliphatic carbocycles. The Morgan fingerprint density at radius 1 is 1.19 bits per heavy atom. The van der Waals surface area contributed by atoms with Gasteiger partial charge in [0.25, 0.3) is 0 Å². The summed E-state index contributed by atoms with van der Waals surface area (Å²) >= 11 is 1.46. The second kappa shape index (κ2) is 5.90. The molecule has 0 aliphatic heterocycles. The quantitative estimate of drug-likeness (QED) is 0.904. The number of carbonyl (C=O) groups is 1. The highest BCUT2D eigenvalue weighted by Gasteiger charge is 2.15. The van der Waals surface area contributed by atoms with E-state index in [4.69, 9.17) is 0 Å². The van der Waals surface area contributed by atoms with Crippen molar-refractivity contribution in [2.24, 2.45) is 0 Å². The maximum atomic E-state index is 11.3. The summed E-state index contributed by atoms with van der Waals surface area (Å²) in [4.78, 5) is 17.1. The van der Waals surface area contributed by atoms with Crippen LogP contribution >= 0.6 is 11.8 Å². The lowest BCUT2D eigenvalue weighted by Gasteiger charge is -2.19. The summed E-state index contributed by atoms with van der Waals surface area (Å²) < 4.78 is 0. The van der Waals surface area contributed by atoms with Gasteiger partial charge in [-0.2, -0.15) is 0 Å². The van der Waals surface area contributed by atoms with Crippen LogP contribution in [-0.4, -0.2) is 16.1 Å². The van der Waals surface area contributed by atoms with Gasteiger partial charge in [0.2, 0.25) is 0 Å².